The van der Waals surface area contributed by atoms with E-state index in [1.807, 2.05) is 9.80 Å². The van der Waals surface area contributed by atoms with Crippen molar-refractivity contribution >= 4 is 11.8 Å². The van der Waals surface area contributed by atoms with Crippen LogP contribution in [-0.4, -0.2) is 94.3 Å². The molecule has 0 radical (unpaired) electrons. The van der Waals surface area contributed by atoms with Crippen molar-refractivity contribution in [2.75, 3.05) is 32.7 Å². The smallest absolute Gasteiger partial charge is 0.237 e. The van der Waals surface area contributed by atoms with E-state index in [-0.39, 0.29) is 36.0 Å². The number of hydrogen-bond donors (Lipinski definition) is 0. The van der Waals surface area contributed by atoms with Gasteiger partial charge >= 0.3 is 0 Å². The number of rotatable bonds is 10. The third-order valence-corrected chi connectivity index (χ3v) is 5.81. The molecule has 0 N–H and O–H groups in total. The molecule has 6 heteroatoms. The van der Waals surface area contributed by atoms with Crippen LogP contribution in [0, 0.1) is 0 Å². The quantitative estimate of drug-likeness (QED) is 0.555. The van der Waals surface area contributed by atoms with E-state index in [1.54, 1.807) is 0 Å². The van der Waals surface area contributed by atoms with Crippen molar-refractivity contribution in [1.82, 2.24) is 19.6 Å². The molecule has 1 rings (SSSR count). The van der Waals surface area contributed by atoms with Crippen LogP contribution < -0.4 is 0 Å². The molecule has 0 saturated carbocycles. The molecule has 1 heterocycles. The van der Waals surface area contributed by atoms with Crippen LogP contribution in [-0.2, 0) is 9.59 Å². The number of carbonyl (C=O) groups excluding carboxylic acids is 2. The van der Waals surface area contributed by atoms with Crippen molar-refractivity contribution in [3.05, 3.63) is 0 Å². The summed E-state index contributed by atoms with van der Waals surface area (Å²) in [4.78, 5) is 34.4. The van der Waals surface area contributed by atoms with Gasteiger partial charge in [-0.15, -0.1) is 0 Å². The van der Waals surface area contributed by atoms with E-state index in [2.05, 4.69) is 72.1 Å². The summed E-state index contributed by atoms with van der Waals surface area (Å²) < 4.78 is 0. The monoisotopic (exact) mass is 410 g/mol. The molecule has 0 bridgehead atoms. The Hall–Kier alpha value is -1.14. The highest BCUT2D eigenvalue weighted by Crippen LogP contribution is 2.17. The largest absolute Gasteiger partial charge is 0.337 e. The highest BCUT2D eigenvalue weighted by molar-refractivity contribution is 5.79. The van der Waals surface area contributed by atoms with Gasteiger partial charge in [-0.05, 0) is 61.8 Å². The van der Waals surface area contributed by atoms with Crippen LogP contribution in [0.2, 0.25) is 0 Å². The maximum atomic E-state index is 13.0. The summed E-state index contributed by atoms with van der Waals surface area (Å²) in [5.74, 6) is 0.423. The van der Waals surface area contributed by atoms with Gasteiger partial charge in [-0.1, -0.05) is 13.3 Å². The van der Waals surface area contributed by atoms with Crippen LogP contribution in [0.5, 0.6) is 0 Å². The van der Waals surface area contributed by atoms with E-state index in [9.17, 15) is 9.59 Å². The van der Waals surface area contributed by atoms with Gasteiger partial charge in [-0.2, -0.15) is 0 Å². The Kier molecular flexibility index (Phi) is 10.6. The first-order valence-electron chi connectivity index (χ1n) is 11.6. The SMILES string of the molecule is CCCC1CN(CC(=O)N(C(C)C)C(C)C)CCN1CC(=O)N(C(C)C)C(C)C. The number of amides is 2. The third-order valence-electron chi connectivity index (χ3n) is 5.81. The van der Waals surface area contributed by atoms with Crippen molar-refractivity contribution in [2.45, 2.75) is 105 Å². The third kappa shape index (κ3) is 7.56. The fourth-order valence-corrected chi connectivity index (χ4v) is 4.79. The highest BCUT2D eigenvalue weighted by Gasteiger charge is 2.32. The Morgan fingerprint density at radius 3 is 1.66 bits per heavy atom. The molecule has 1 aliphatic heterocycles. The Morgan fingerprint density at radius 1 is 0.793 bits per heavy atom. The zero-order valence-electron chi connectivity index (χ0n) is 20.4. The molecule has 1 fully saturated rings. The van der Waals surface area contributed by atoms with Gasteiger partial charge in [-0.25, -0.2) is 0 Å². The Bertz CT molecular complexity index is 503. The molecule has 29 heavy (non-hydrogen) atoms. The summed E-state index contributed by atoms with van der Waals surface area (Å²) in [5.41, 5.74) is 0. The first kappa shape index (κ1) is 25.9. The van der Waals surface area contributed by atoms with E-state index in [1.165, 1.54) is 0 Å². The molecular weight excluding hydrogens is 364 g/mol. The topological polar surface area (TPSA) is 47.1 Å². The van der Waals surface area contributed by atoms with Crippen LogP contribution in [0.1, 0.15) is 75.2 Å². The zero-order valence-corrected chi connectivity index (χ0v) is 20.4. The summed E-state index contributed by atoms with van der Waals surface area (Å²) in [5, 5.41) is 0. The summed E-state index contributed by atoms with van der Waals surface area (Å²) in [6.07, 6.45) is 2.14. The first-order chi connectivity index (χ1) is 13.5. The second-order valence-electron chi connectivity index (χ2n) is 9.63. The van der Waals surface area contributed by atoms with Crippen molar-refractivity contribution in [1.29, 1.82) is 0 Å². The van der Waals surface area contributed by atoms with Gasteiger partial charge in [0.1, 0.15) is 0 Å². The maximum Gasteiger partial charge on any atom is 0.237 e. The van der Waals surface area contributed by atoms with Crippen LogP contribution in [0.15, 0.2) is 0 Å². The summed E-state index contributed by atoms with van der Waals surface area (Å²) in [6.45, 7) is 22.3. The highest BCUT2D eigenvalue weighted by atomic mass is 16.2. The van der Waals surface area contributed by atoms with Crippen molar-refractivity contribution in [3.8, 4) is 0 Å². The average Bonchev–Trinajstić information content (AvgIpc) is 2.55. The van der Waals surface area contributed by atoms with Crippen LogP contribution in [0.25, 0.3) is 0 Å². The number of piperazine rings is 1. The molecule has 0 aromatic carbocycles. The van der Waals surface area contributed by atoms with E-state index in [0.717, 1.165) is 32.5 Å². The number of hydrogen-bond acceptors (Lipinski definition) is 4. The molecule has 170 valence electrons. The number of carbonyl (C=O) groups is 2. The van der Waals surface area contributed by atoms with E-state index in [0.29, 0.717) is 19.1 Å². The predicted molar refractivity (Wildman–Crippen MR) is 121 cm³/mol. The normalized spacial score (nSPS) is 18.9. The lowest BCUT2D eigenvalue weighted by Crippen LogP contribution is -2.58. The van der Waals surface area contributed by atoms with Gasteiger partial charge in [0.2, 0.25) is 11.8 Å². The van der Waals surface area contributed by atoms with Gasteiger partial charge in [0.05, 0.1) is 13.1 Å². The molecule has 1 aliphatic rings. The van der Waals surface area contributed by atoms with Crippen molar-refractivity contribution in [2.24, 2.45) is 0 Å². The van der Waals surface area contributed by atoms with Gasteiger partial charge < -0.3 is 9.80 Å². The second-order valence-corrected chi connectivity index (χ2v) is 9.63. The summed E-state index contributed by atoms with van der Waals surface area (Å²) >= 11 is 0. The van der Waals surface area contributed by atoms with Gasteiger partial charge in [-0.3, -0.25) is 19.4 Å². The van der Waals surface area contributed by atoms with Gasteiger partial charge in [0.15, 0.2) is 0 Å². The lowest BCUT2D eigenvalue weighted by molar-refractivity contribution is -0.140. The summed E-state index contributed by atoms with van der Waals surface area (Å²) in [6, 6.07) is 1.18. The van der Waals surface area contributed by atoms with Crippen LogP contribution in [0.4, 0.5) is 0 Å². The van der Waals surface area contributed by atoms with Gasteiger partial charge in [0.25, 0.3) is 0 Å². The summed E-state index contributed by atoms with van der Waals surface area (Å²) in [7, 11) is 0. The molecule has 0 aromatic heterocycles. The lowest BCUT2D eigenvalue weighted by atomic mass is 10.1. The van der Waals surface area contributed by atoms with E-state index < -0.39 is 0 Å². The molecule has 0 aliphatic carbocycles. The maximum absolute atomic E-state index is 13.0. The minimum Gasteiger partial charge on any atom is -0.337 e. The fraction of sp³-hybridized carbons (Fsp3) is 0.913. The molecular formula is C23H46N4O2. The minimum absolute atomic E-state index is 0.209. The Balaban J connectivity index is 2.77. The fourth-order valence-electron chi connectivity index (χ4n) is 4.79. The standard InChI is InChI=1S/C23H46N4O2/c1-10-11-21-14-24(15-22(28)26(17(2)3)18(4)5)12-13-25(21)16-23(29)27(19(6)7)20(8)9/h17-21H,10-16H2,1-9H3. The van der Waals surface area contributed by atoms with E-state index >= 15 is 0 Å². The Morgan fingerprint density at radius 2 is 1.24 bits per heavy atom. The zero-order chi connectivity index (χ0) is 22.3. The molecule has 1 unspecified atom stereocenters. The molecule has 0 aromatic rings. The average molecular weight is 411 g/mol. The van der Waals surface area contributed by atoms with Crippen LogP contribution >= 0.6 is 0 Å². The van der Waals surface area contributed by atoms with Gasteiger partial charge in [0, 0.05) is 49.8 Å². The molecule has 2 amide bonds. The van der Waals surface area contributed by atoms with Crippen LogP contribution in [0.3, 0.4) is 0 Å². The molecule has 1 atom stereocenters. The molecule has 6 nitrogen and oxygen atoms in total. The predicted octanol–water partition coefficient (Wildman–Crippen LogP) is 3.06. The number of nitrogens with zero attached hydrogens (tertiary/aromatic N) is 4. The van der Waals surface area contributed by atoms with E-state index in [4.69, 9.17) is 0 Å². The Labute approximate surface area is 179 Å². The van der Waals surface area contributed by atoms with Crippen molar-refractivity contribution in [3.63, 3.8) is 0 Å². The second kappa shape index (κ2) is 11.9. The molecule has 0 spiro atoms. The first-order valence-corrected chi connectivity index (χ1v) is 11.6. The lowest BCUT2D eigenvalue weighted by Gasteiger charge is -2.43. The molecule has 1 saturated heterocycles. The minimum atomic E-state index is 0.209. The van der Waals surface area contributed by atoms with Crippen molar-refractivity contribution < 1.29 is 9.59 Å².